The van der Waals surface area contributed by atoms with Gasteiger partial charge in [-0.25, -0.2) is 0 Å². The summed E-state index contributed by atoms with van der Waals surface area (Å²) in [6.45, 7) is 8.23. The van der Waals surface area contributed by atoms with Crippen LogP contribution in [0.15, 0.2) is 15.3 Å². The van der Waals surface area contributed by atoms with Crippen molar-refractivity contribution in [3.8, 4) is 0 Å². The second kappa shape index (κ2) is 5.76. The highest BCUT2D eigenvalue weighted by atomic mass is 79.9. The number of hydrogen-bond acceptors (Lipinski definition) is 2. The molecule has 1 aromatic rings. The van der Waals surface area contributed by atoms with Gasteiger partial charge in [-0.2, -0.15) is 0 Å². The average Bonchev–Trinajstić information content (AvgIpc) is 2.78. The highest BCUT2D eigenvalue weighted by Gasteiger charge is 2.50. The Morgan fingerprint density at radius 2 is 1.81 bits per heavy atom. The molecule has 1 N–H and O–H groups in total. The van der Waals surface area contributed by atoms with Crippen molar-refractivity contribution in [2.24, 2.45) is 11.8 Å². The molecule has 0 saturated carbocycles. The lowest BCUT2D eigenvalue weighted by atomic mass is 9.80. The van der Waals surface area contributed by atoms with Crippen molar-refractivity contribution in [1.29, 1.82) is 0 Å². The number of carbonyl (C=O) groups is 1. The molecule has 0 aliphatic carbocycles. The fourth-order valence-electron chi connectivity index (χ4n) is 3.21. The Hall–Kier alpha value is -0.810. The molecule has 4 nitrogen and oxygen atoms in total. The summed E-state index contributed by atoms with van der Waals surface area (Å²) >= 11 is 9.47. The van der Waals surface area contributed by atoms with Gasteiger partial charge in [-0.1, -0.05) is 39.3 Å². The maximum Gasteiger partial charge on any atom is 0.271 e. The predicted molar refractivity (Wildman–Crippen MR) is 87.8 cm³/mol. The molecule has 0 spiro atoms. The Labute approximate surface area is 138 Å². The third kappa shape index (κ3) is 2.25. The fourth-order valence-corrected chi connectivity index (χ4v) is 4.03. The number of nitrogens with zero attached hydrogens (tertiary/aromatic N) is 1. The zero-order valence-corrected chi connectivity index (χ0v) is 15.0. The minimum absolute atomic E-state index is 0.112. The Kier molecular flexibility index (Phi) is 4.54. The summed E-state index contributed by atoms with van der Waals surface area (Å²) in [6, 6.07) is 1.50. The second-order valence-corrected chi connectivity index (χ2v) is 6.99. The summed E-state index contributed by atoms with van der Waals surface area (Å²) in [7, 11) is 0. The number of rotatable bonds is 4. The van der Waals surface area contributed by atoms with Crippen molar-refractivity contribution in [2.75, 3.05) is 0 Å². The maximum absolute atomic E-state index is 12.7. The monoisotopic (exact) mass is 374 g/mol. The van der Waals surface area contributed by atoms with E-state index >= 15 is 0 Å². The van der Waals surface area contributed by atoms with Gasteiger partial charge in [0.25, 0.3) is 11.5 Å². The van der Waals surface area contributed by atoms with Crippen LogP contribution in [0.1, 0.15) is 51.0 Å². The Balaban J connectivity index is 2.87. The molecule has 21 heavy (non-hydrogen) atoms. The fraction of sp³-hybridized carbons (Fsp3) is 0.600. The molecule has 0 fully saturated rings. The molecule has 2 unspecified atom stereocenters. The SMILES string of the molecule is CCC(C)C1(C(C)CC)NC(=O)c2c(Cl)cc(Br)c(=O)n21. The number of pyridine rings is 1. The molecular formula is C15H20BrClN2O2. The van der Waals surface area contributed by atoms with Crippen LogP contribution in [0.25, 0.3) is 0 Å². The Bertz CT molecular complexity index is 631. The van der Waals surface area contributed by atoms with Gasteiger partial charge < -0.3 is 5.32 Å². The van der Waals surface area contributed by atoms with E-state index in [-0.39, 0.29) is 29.0 Å². The van der Waals surface area contributed by atoms with Gasteiger partial charge in [-0.15, -0.1) is 0 Å². The number of carbonyl (C=O) groups excluding carboxylic acids is 1. The van der Waals surface area contributed by atoms with Crippen molar-refractivity contribution in [1.82, 2.24) is 9.88 Å². The quantitative estimate of drug-likeness (QED) is 0.871. The van der Waals surface area contributed by atoms with Gasteiger partial charge in [0.15, 0.2) is 0 Å². The smallest absolute Gasteiger partial charge is 0.271 e. The van der Waals surface area contributed by atoms with Gasteiger partial charge in [0.05, 0.1) is 9.50 Å². The molecule has 1 aliphatic heterocycles. The van der Waals surface area contributed by atoms with Gasteiger partial charge in [-0.05, 0) is 46.7 Å². The van der Waals surface area contributed by atoms with Crippen molar-refractivity contribution >= 4 is 33.4 Å². The molecule has 0 bridgehead atoms. The van der Waals surface area contributed by atoms with Crippen LogP contribution in [0.5, 0.6) is 0 Å². The van der Waals surface area contributed by atoms with E-state index in [1.807, 2.05) is 0 Å². The van der Waals surface area contributed by atoms with Gasteiger partial charge in [0, 0.05) is 0 Å². The first-order valence-electron chi connectivity index (χ1n) is 7.25. The van der Waals surface area contributed by atoms with Crippen LogP contribution < -0.4 is 10.9 Å². The van der Waals surface area contributed by atoms with Gasteiger partial charge in [-0.3, -0.25) is 14.2 Å². The molecule has 0 aromatic carbocycles. The largest absolute Gasteiger partial charge is 0.327 e. The van der Waals surface area contributed by atoms with E-state index in [1.165, 1.54) is 6.07 Å². The zero-order valence-electron chi connectivity index (χ0n) is 12.7. The number of amides is 1. The molecule has 6 heteroatoms. The minimum atomic E-state index is -0.722. The predicted octanol–water partition coefficient (Wildman–Crippen LogP) is 3.75. The summed E-state index contributed by atoms with van der Waals surface area (Å²) in [6.07, 6.45) is 1.70. The lowest BCUT2D eigenvalue weighted by Crippen LogP contribution is -2.56. The minimum Gasteiger partial charge on any atom is -0.327 e. The van der Waals surface area contributed by atoms with Gasteiger partial charge in [0.2, 0.25) is 0 Å². The molecule has 116 valence electrons. The van der Waals surface area contributed by atoms with Crippen molar-refractivity contribution in [2.45, 2.75) is 46.2 Å². The number of fused-ring (bicyclic) bond motifs is 1. The summed E-state index contributed by atoms with van der Waals surface area (Å²) in [4.78, 5) is 25.1. The van der Waals surface area contributed by atoms with Crippen LogP contribution >= 0.6 is 27.5 Å². The highest BCUT2D eigenvalue weighted by Crippen LogP contribution is 2.41. The Morgan fingerprint density at radius 1 is 1.29 bits per heavy atom. The average molecular weight is 376 g/mol. The molecule has 2 heterocycles. The van der Waals surface area contributed by atoms with Gasteiger partial charge in [0.1, 0.15) is 11.4 Å². The van der Waals surface area contributed by atoms with Crippen molar-refractivity contribution in [3.63, 3.8) is 0 Å². The molecule has 0 radical (unpaired) electrons. The van der Waals surface area contributed by atoms with Crippen LogP contribution in [-0.4, -0.2) is 10.5 Å². The van der Waals surface area contributed by atoms with E-state index < -0.39 is 5.66 Å². The normalized spacial score (nSPS) is 23.6. The van der Waals surface area contributed by atoms with E-state index in [9.17, 15) is 9.59 Å². The molecule has 1 aliphatic rings. The number of halogens is 2. The van der Waals surface area contributed by atoms with Crippen LogP contribution in [0.4, 0.5) is 0 Å². The zero-order chi connectivity index (χ0) is 15.9. The molecule has 2 rings (SSSR count). The summed E-state index contributed by atoms with van der Waals surface area (Å²) < 4.78 is 1.95. The standard InChI is InChI=1S/C15H20BrClN2O2/c1-5-8(3)15(9(4)6-2)18-13(20)12-11(17)7-10(16)14(21)19(12)15/h7-9H,5-6H2,1-4H3,(H,18,20). The highest BCUT2D eigenvalue weighted by molar-refractivity contribution is 9.10. The summed E-state index contributed by atoms with van der Waals surface area (Å²) in [5.41, 5.74) is -0.667. The third-order valence-corrected chi connectivity index (χ3v) is 5.59. The van der Waals surface area contributed by atoms with Crippen LogP contribution in [-0.2, 0) is 5.66 Å². The first-order valence-corrected chi connectivity index (χ1v) is 8.42. The van der Waals surface area contributed by atoms with Crippen LogP contribution in [0.2, 0.25) is 5.02 Å². The number of hydrogen-bond donors (Lipinski definition) is 1. The lowest BCUT2D eigenvalue weighted by Gasteiger charge is -2.41. The van der Waals surface area contributed by atoms with E-state index in [4.69, 9.17) is 11.6 Å². The van der Waals surface area contributed by atoms with Crippen molar-refractivity contribution < 1.29 is 4.79 Å². The van der Waals surface area contributed by atoms with E-state index in [1.54, 1.807) is 4.57 Å². The first kappa shape index (κ1) is 16.6. The Morgan fingerprint density at radius 3 is 2.29 bits per heavy atom. The summed E-state index contributed by atoms with van der Waals surface area (Å²) in [5.74, 6) is -0.0494. The molecular weight excluding hydrogens is 356 g/mol. The molecule has 0 saturated heterocycles. The van der Waals surface area contributed by atoms with Crippen molar-refractivity contribution in [3.05, 3.63) is 31.6 Å². The number of aromatic nitrogens is 1. The lowest BCUT2D eigenvalue weighted by molar-refractivity contribution is 0.0590. The van der Waals surface area contributed by atoms with E-state index in [0.717, 1.165) is 12.8 Å². The van der Waals surface area contributed by atoms with Gasteiger partial charge >= 0.3 is 0 Å². The first-order chi connectivity index (χ1) is 9.81. The van der Waals surface area contributed by atoms with Crippen LogP contribution in [0, 0.1) is 11.8 Å². The van der Waals surface area contributed by atoms with E-state index in [0.29, 0.717) is 9.50 Å². The van der Waals surface area contributed by atoms with Crippen LogP contribution in [0.3, 0.4) is 0 Å². The summed E-state index contributed by atoms with van der Waals surface area (Å²) in [5, 5.41) is 3.36. The van der Waals surface area contributed by atoms with E-state index in [2.05, 4.69) is 48.9 Å². The number of nitrogens with one attached hydrogen (secondary N) is 1. The topological polar surface area (TPSA) is 51.1 Å². The second-order valence-electron chi connectivity index (χ2n) is 5.73. The molecule has 2 atom stereocenters. The maximum atomic E-state index is 12.7. The third-order valence-electron chi connectivity index (χ3n) is 4.74. The molecule has 1 amide bonds. The molecule has 1 aromatic heterocycles.